The van der Waals surface area contributed by atoms with Gasteiger partial charge >= 0.3 is 0 Å². The van der Waals surface area contributed by atoms with Crippen LogP contribution in [0.4, 0.5) is 0 Å². The van der Waals surface area contributed by atoms with Gasteiger partial charge in [0, 0.05) is 12.1 Å². The van der Waals surface area contributed by atoms with Crippen molar-refractivity contribution in [3.63, 3.8) is 0 Å². The Morgan fingerprint density at radius 1 is 0.971 bits per heavy atom. The van der Waals surface area contributed by atoms with Gasteiger partial charge in [-0.3, -0.25) is 4.79 Å². The van der Waals surface area contributed by atoms with E-state index in [0.717, 1.165) is 35.3 Å². The minimum atomic E-state index is -0.137. The van der Waals surface area contributed by atoms with Gasteiger partial charge in [0.05, 0.1) is 23.3 Å². The van der Waals surface area contributed by atoms with E-state index in [1.807, 2.05) is 67.6 Å². The molecule has 3 aromatic carbocycles. The van der Waals surface area contributed by atoms with Gasteiger partial charge < -0.3 is 14.3 Å². The summed E-state index contributed by atoms with van der Waals surface area (Å²) in [5.41, 5.74) is 2.75. The molecular formula is C27H25N5O2S. The Balaban J connectivity index is 1.47. The minimum Gasteiger partial charge on any atom is -0.497 e. The number of hydrogen-bond acceptors (Lipinski definition) is 6. The standard InChI is InChI=1S/C27H25N5O2S/c1-18(24-28-23-11-7-6-10-22(23)26(33)29-24)35-27-31-30-25(20-12-14-21(34-2)15-13-20)32(27)17-16-19-8-4-3-5-9-19/h3-15,18H,16-17H2,1-2H3,(H,28,29,33). The zero-order valence-corrected chi connectivity index (χ0v) is 20.3. The van der Waals surface area contributed by atoms with Crippen molar-refractivity contribution < 1.29 is 4.74 Å². The van der Waals surface area contributed by atoms with E-state index in [9.17, 15) is 4.79 Å². The van der Waals surface area contributed by atoms with Crippen LogP contribution in [-0.4, -0.2) is 31.8 Å². The lowest BCUT2D eigenvalue weighted by Crippen LogP contribution is -2.13. The normalized spacial score (nSPS) is 12.1. The predicted molar refractivity (Wildman–Crippen MR) is 139 cm³/mol. The first-order chi connectivity index (χ1) is 17.1. The van der Waals surface area contributed by atoms with Crippen molar-refractivity contribution in [1.82, 2.24) is 24.7 Å². The Hall–Kier alpha value is -3.91. The Labute approximate surface area is 207 Å². The van der Waals surface area contributed by atoms with E-state index in [2.05, 4.69) is 31.9 Å². The van der Waals surface area contributed by atoms with Crippen LogP contribution in [0.25, 0.3) is 22.3 Å². The molecule has 5 aromatic rings. The van der Waals surface area contributed by atoms with Gasteiger partial charge in [-0.2, -0.15) is 0 Å². The highest BCUT2D eigenvalue weighted by molar-refractivity contribution is 7.99. The van der Waals surface area contributed by atoms with Crippen LogP contribution in [0.1, 0.15) is 23.6 Å². The summed E-state index contributed by atoms with van der Waals surface area (Å²) in [5.74, 6) is 2.19. The van der Waals surface area contributed by atoms with Gasteiger partial charge in [0.2, 0.25) is 0 Å². The minimum absolute atomic E-state index is 0.129. The molecule has 0 saturated heterocycles. The average molecular weight is 484 g/mol. The van der Waals surface area contributed by atoms with E-state index in [1.54, 1.807) is 13.2 Å². The predicted octanol–water partition coefficient (Wildman–Crippen LogP) is 5.29. The Morgan fingerprint density at radius 2 is 1.71 bits per heavy atom. The molecule has 2 heterocycles. The molecule has 8 heteroatoms. The molecule has 0 bridgehead atoms. The number of methoxy groups -OCH3 is 1. The molecule has 0 aliphatic rings. The molecule has 5 rings (SSSR count). The van der Waals surface area contributed by atoms with Gasteiger partial charge in [-0.05, 0) is 55.3 Å². The molecule has 2 aromatic heterocycles. The van der Waals surface area contributed by atoms with Crippen LogP contribution in [-0.2, 0) is 13.0 Å². The first kappa shape index (κ1) is 22.9. The molecule has 0 amide bonds. The summed E-state index contributed by atoms with van der Waals surface area (Å²) in [6.07, 6.45) is 0.842. The SMILES string of the molecule is COc1ccc(-c2nnc(SC(C)c3nc4ccccc4c(=O)[nH]3)n2CCc2ccccc2)cc1. The molecule has 1 atom stereocenters. The second kappa shape index (κ2) is 10.1. The number of H-pyrrole nitrogens is 1. The Morgan fingerprint density at radius 3 is 2.49 bits per heavy atom. The Bertz CT molecular complexity index is 1500. The highest BCUT2D eigenvalue weighted by Crippen LogP contribution is 2.34. The molecular weight excluding hydrogens is 458 g/mol. The monoisotopic (exact) mass is 483 g/mol. The average Bonchev–Trinajstić information content (AvgIpc) is 3.30. The van der Waals surface area contributed by atoms with Crippen LogP contribution in [0.3, 0.4) is 0 Å². The van der Waals surface area contributed by atoms with Crippen molar-refractivity contribution >= 4 is 22.7 Å². The number of aromatic amines is 1. The van der Waals surface area contributed by atoms with Crippen molar-refractivity contribution in [2.75, 3.05) is 7.11 Å². The first-order valence-corrected chi connectivity index (χ1v) is 12.3. The van der Waals surface area contributed by atoms with Crippen molar-refractivity contribution in [3.8, 4) is 17.1 Å². The lowest BCUT2D eigenvalue weighted by Gasteiger charge is -2.14. The fourth-order valence-corrected chi connectivity index (χ4v) is 4.86. The highest BCUT2D eigenvalue weighted by Gasteiger charge is 2.20. The molecule has 0 aliphatic heterocycles. The first-order valence-electron chi connectivity index (χ1n) is 11.4. The number of benzene rings is 3. The number of aryl methyl sites for hydroxylation is 1. The fourth-order valence-electron chi connectivity index (χ4n) is 3.93. The summed E-state index contributed by atoms with van der Waals surface area (Å²) in [5, 5.41) is 10.3. The van der Waals surface area contributed by atoms with Crippen molar-refractivity contribution in [1.29, 1.82) is 0 Å². The number of rotatable bonds is 8. The van der Waals surface area contributed by atoms with E-state index in [1.165, 1.54) is 17.3 Å². The third-order valence-corrected chi connectivity index (χ3v) is 6.92. The maximum Gasteiger partial charge on any atom is 0.258 e. The van der Waals surface area contributed by atoms with Gasteiger partial charge in [-0.15, -0.1) is 10.2 Å². The zero-order chi connectivity index (χ0) is 24.2. The molecule has 0 saturated carbocycles. The lowest BCUT2D eigenvalue weighted by atomic mass is 10.1. The summed E-state index contributed by atoms with van der Waals surface area (Å²) in [6, 6.07) is 25.5. The number of nitrogens with one attached hydrogen (secondary N) is 1. The molecule has 0 aliphatic carbocycles. The second-order valence-electron chi connectivity index (χ2n) is 8.15. The molecule has 176 valence electrons. The maximum atomic E-state index is 12.6. The second-order valence-corrected chi connectivity index (χ2v) is 9.46. The van der Waals surface area contributed by atoms with Crippen molar-refractivity contribution in [3.05, 3.63) is 101 Å². The van der Waals surface area contributed by atoms with Crippen LogP contribution in [0.15, 0.2) is 88.8 Å². The van der Waals surface area contributed by atoms with Gasteiger partial charge in [0.1, 0.15) is 11.6 Å². The number of thioether (sulfide) groups is 1. The van der Waals surface area contributed by atoms with Crippen LogP contribution < -0.4 is 10.3 Å². The molecule has 1 unspecified atom stereocenters. The summed E-state index contributed by atoms with van der Waals surface area (Å²) in [6.45, 7) is 2.73. The fraction of sp³-hybridized carbons (Fsp3) is 0.185. The maximum absolute atomic E-state index is 12.6. The molecule has 0 fully saturated rings. The number of nitrogens with zero attached hydrogens (tertiary/aromatic N) is 4. The van der Waals surface area contributed by atoms with Gasteiger partial charge in [-0.25, -0.2) is 4.98 Å². The molecule has 1 N–H and O–H groups in total. The van der Waals surface area contributed by atoms with Gasteiger partial charge in [0.25, 0.3) is 5.56 Å². The lowest BCUT2D eigenvalue weighted by molar-refractivity contribution is 0.415. The van der Waals surface area contributed by atoms with E-state index < -0.39 is 0 Å². The number of fused-ring (bicyclic) bond motifs is 1. The van der Waals surface area contributed by atoms with Gasteiger partial charge in [-0.1, -0.05) is 54.2 Å². The van der Waals surface area contributed by atoms with Crippen LogP contribution in [0.2, 0.25) is 0 Å². The largest absolute Gasteiger partial charge is 0.497 e. The summed E-state index contributed by atoms with van der Waals surface area (Å²) < 4.78 is 7.44. The third kappa shape index (κ3) is 4.97. The third-order valence-electron chi connectivity index (χ3n) is 5.83. The quantitative estimate of drug-likeness (QED) is 0.302. The zero-order valence-electron chi connectivity index (χ0n) is 19.5. The van der Waals surface area contributed by atoms with Crippen molar-refractivity contribution in [2.24, 2.45) is 0 Å². The smallest absolute Gasteiger partial charge is 0.258 e. The summed E-state index contributed by atoms with van der Waals surface area (Å²) in [4.78, 5) is 20.2. The van der Waals surface area contributed by atoms with E-state index >= 15 is 0 Å². The summed E-state index contributed by atoms with van der Waals surface area (Å²) in [7, 11) is 1.65. The summed E-state index contributed by atoms with van der Waals surface area (Å²) >= 11 is 1.53. The van der Waals surface area contributed by atoms with Gasteiger partial charge in [0.15, 0.2) is 11.0 Å². The molecule has 0 spiro atoms. The van der Waals surface area contributed by atoms with E-state index in [4.69, 9.17) is 9.72 Å². The Kier molecular flexibility index (Phi) is 6.63. The highest BCUT2D eigenvalue weighted by atomic mass is 32.2. The number of hydrogen-bond donors (Lipinski definition) is 1. The van der Waals surface area contributed by atoms with E-state index in [0.29, 0.717) is 16.7 Å². The molecule has 35 heavy (non-hydrogen) atoms. The van der Waals surface area contributed by atoms with E-state index in [-0.39, 0.29) is 10.8 Å². The van der Waals surface area contributed by atoms with Crippen LogP contribution in [0, 0.1) is 0 Å². The van der Waals surface area contributed by atoms with Crippen LogP contribution in [0.5, 0.6) is 5.75 Å². The molecule has 7 nitrogen and oxygen atoms in total. The molecule has 0 radical (unpaired) electrons. The number of ether oxygens (including phenoxy) is 1. The van der Waals surface area contributed by atoms with Crippen molar-refractivity contribution in [2.45, 2.75) is 30.3 Å². The number of para-hydroxylation sites is 1. The van der Waals surface area contributed by atoms with Crippen LogP contribution >= 0.6 is 11.8 Å². The number of aromatic nitrogens is 5. The topological polar surface area (TPSA) is 85.7 Å².